The number of phenols is 1. The van der Waals surface area contributed by atoms with Crippen LogP contribution in [0.3, 0.4) is 0 Å². The summed E-state index contributed by atoms with van der Waals surface area (Å²) < 4.78 is 0. The van der Waals surface area contributed by atoms with E-state index in [1.807, 2.05) is 55.5 Å². The summed E-state index contributed by atoms with van der Waals surface area (Å²) in [5.41, 5.74) is 3.99. The van der Waals surface area contributed by atoms with E-state index in [2.05, 4.69) is 0 Å². The first-order valence-corrected chi connectivity index (χ1v) is 10.8. The third-order valence-corrected chi connectivity index (χ3v) is 8.24. The van der Waals surface area contributed by atoms with Crippen LogP contribution in [0.4, 0.5) is 5.69 Å². The number of rotatable bonds is 1. The van der Waals surface area contributed by atoms with Gasteiger partial charge >= 0.3 is 0 Å². The van der Waals surface area contributed by atoms with E-state index in [4.69, 9.17) is 23.2 Å². The zero-order valence-corrected chi connectivity index (χ0v) is 18.0. The number of imide groups is 1. The van der Waals surface area contributed by atoms with Crippen LogP contribution in [0.1, 0.15) is 27.8 Å². The summed E-state index contributed by atoms with van der Waals surface area (Å²) in [6.45, 7) is 1.84. The van der Waals surface area contributed by atoms with Gasteiger partial charge in [0.2, 0.25) is 11.8 Å². The van der Waals surface area contributed by atoms with Crippen LogP contribution in [0.15, 0.2) is 66.7 Å². The molecule has 4 aliphatic rings. The molecule has 1 N–H and O–H groups in total. The lowest BCUT2D eigenvalue weighted by atomic mass is 9.54. The van der Waals surface area contributed by atoms with Gasteiger partial charge in [-0.2, -0.15) is 0 Å². The van der Waals surface area contributed by atoms with Crippen molar-refractivity contribution in [3.8, 4) is 5.75 Å². The first kappa shape index (κ1) is 18.9. The van der Waals surface area contributed by atoms with Gasteiger partial charge in [0.25, 0.3) is 0 Å². The number of phenolic OH excluding ortho intramolecular Hbond substituents is 1. The number of nitrogens with zero attached hydrogens (tertiary/aromatic N) is 1. The van der Waals surface area contributed by atoms with Crippen LogP contribution in [0.2, 0.25) is 0 Å². The molecule has 0 aromatic heterocycles. The fraction of sp³-hybridized carbons (Fsp3) is 0.200. The summed E-state index contributed by atoms with van der Waals surface area (Å²) in [5.74, 6) is -2.80. The summed E-state index contributed by atoms with van der Waals surface area (Å²) in [7, 11) is 0. The molecular weight excluding hydrogens is 433 g/mol. The lowest BCUT2D eigenvalue weighted by Gasteiger charge is -2.54. The van der Waals surface area contributed by atoms with Gasteiger partial charge in [0.1, 0.15) is 15.5 Å². The van der Waals surface area contributed by atoms with E-state index in [1.54, 1.807) is 12.1 Å². The monoisotopic (exact) mass is 449 g/mol. The zero-order chi connectivity index (χ0) is 21.7. The Hall–Kier alpha value is -2.82. The molecule has 2 amide bonds. The molecule has 1 aliphatic heterocycles. The van der Waals surface area contributed by atoms with E-state index in [-0.39, 0.29) is 11.4 Å². The summed E-state index contributed by atoms with van der Waals surface area (Å²) in [6.07, 6.45) is 0. The highest BCUT2D eigenvalue weighted by atomic mass is 35.5. The number of carbonyl (C=O) groups is 2. The lowest BCUT2D eigenvalue weighted by Crippen LogP contribution is -2.57. The van der Waals surface area contributed by atoms with Gasteiger partial charge in [0.05, 0.1) is 17.5 Å². The molecule has 6 heteroatoms. The number of hydrogen-bond acceptors (Lipinski definition) is 3. The van der Waals surface area contributed by atoms with Gasteiger partial charge < -0.3 is 5.11 Å². The van der Waals surface area contributed by atoms with Gasteiger partial charge in [-0.15, -0.1) is 23.2 Å². The average Bonchev–Trinajstić information content (AvgIpc) is 3.05. The third-order valence-electron chi connectivity index (χ3n) is 6.96. The van der Waals surface area contributed by atoms with E-state index < -0.39 is 33.4 Å². The fourth-order valence-electron chi connectivity index (χ4n) is 5.72. The first-order valence-electron chi connectivity index (χ1n) is 10.1. The molecular formula is C25H17Cl2NO3. The standard InChI is InChI=1S/C25H17Cl2NO3/c1-13-10-11-19(29)18(12-13)28-22(30)20-21(23(28)31)25(27)15-7-3-2-6-14(15)24(20,26)16-8-4-5-9-17(16)25/h2-12,20-21,29H,1H3/t20-,21-,24?,25?/m0/s1. The molecule has 1 fully saturated rings. The number of aromatic hydroxyl groups is 1. The van der Waals surface area contributed by atoms with Crippen molar-refractivity contribution in [2.75, 3.05) is 4.90 Å². The molecule has 3 aromatic carbocycles. The van der Waals surface area contributed by atoms with Crippen molar-refractivity contribution in [3.63, 3.8) is 0 Å². The normalized spacial score (nSPS) is 30.2. The molecule has 1 heterocycles. The molecule has 0 saturated carbocycles. The second-order valence-electron chi connectivity index (χ2n) is 8.47. The largest absolute Gasteiger partial charge is 0.506 e. The number of amides is 2. The van der Waals surface area contributed by atoms with Crippen LogP contribution in [-0.4, -0.2) is 16.9 Å². The first-order chi connectivity index (χ1) is 14.8. The SMILES string of the molecule is Cc1ccc(O)c(N2C(=O)[C@@H]3[C@@H](C2=O)C2(Cl)c4ccccc4C3(Cl)c3ccccc32)c1. The van der Waals surface area contributed by atoms with Crippen molar-refractivity contribution in [1.82, 2.24) is 0 Å². The Labute approximate surface area is 189 Å². The van der Waals surface area contributed by atoms with Gasteiger partial charge in [0, 0.05) is 0 Å². The van der Waals surface area contributed by atoms with Crippen molar-refractivity contribution < 1.29 is 14.7 Å². The van der Waals surface area contributed by atoms with Crippen LogP contribution in [-0.2, 0) is 19.3 Å². The molecule has 0 unspecified atom stereocenters. The molecule has 7 rings (SSSR count). The predicted octanol–water partition coefficient (Wildman–Crippen LogP) is 4.80. The number of aryl methyl sites for hydroxylation is 1. The Kier molecular flexibility index (Phi) is 3.60. The van der Waals surface area contributed by atoms with Gasteiger partial charge in [-0.1, -0.05) is 54.6 Å². The number of alkyl halides is 2. The highest BCUT2D eigenvalue weighted by Crippen LogP contribution is 2.69. The van der Waals surface area contributed by atoms with Crippen molar-refractivity contribution >= 4 is 40.7 Å². The molecule has 31 heavy (non-hydrogen) atoms. The van der Waals surface area contributed by atoms with E-state index in [0.29, 0.717) is 0 Å². The average molecular weight is 450 g/mol. The minimum absolute atomic E-state index is 0.138. The summed E-state index contributed by atoms with van der Waals surface area (Å²) in [4.78, 5) is 26.3. The Balaban J connectivity index is 1.67. The van der Waals surface area contributed by atoms with Gasteiger partial charge in [0.15, 0.2) is 0 Å². The maximum absolute atomic E-state index is 13.8. The second-order valence-corrected chi connectivity index (χ2v) is 9.67. The van der Waals surface area contributed by atoms with E-state index in [1.165, 1.54) is 6.07 Å². The molecule has 3 aromatic rings. The van der Waals surface area contributed by atoms with Gasteiger partial charge in [-0.05, 0) is 46.9 Å². The van der Waals surface area contributed by atoms with Crippen LogP contribution in [0.25, 0.3) is 0 Å². The van der Waals surface area contributed by atoms with E-state index >= 15 is 0 Å². The Bertz CT molecular complexity index is 1200. The van der Waals surface area contributed by atoms with Crippen LogP contribution >= 0.6 is 23.2 Å². The van der Waals surface area contributed by atoms with Crippen LogP contribution in [0.5, 0.6) is 5.75 Å². The molecule has 0 spiro atoms. The van der Waals surface area contributed by atoms with Crippen molar-refractivity contribution in [1.29, 1.82) is 0 Å². The highest BCUT2D eigenvalue weighted by molar-refractivity contribution is 6.38. The molecule has 1 saturated heterocycles. The molecule has 154 valence electrons. The van der Waals surface area contributed by atoms with Crippen molar-refractivity contribution in [2.45, 2.75) is 16.7 Å². The van der Waals surface area contributed by atoms with E-state index in [9.17, 15) is 14.7 Å². The minimum atomic E-state index is -1.23. The summed E-state index contributed by atoms with van der Waals surface area (Å²) in [6, 6.07) is 19.8. The quantitative estimate of drug-likeness (QED) is 0.428. The van der Waals surface area contributed by atoms with Crippen LogP contribution < -0.4 is 4.90 Å². The van der Waals surface area contributed by atoms with Crippen molar-refractivity contribution in [3.05, 3.63) is 94.5 Å². The Morgan fingerprint density at radius 1 is 0.774 bits per heavy atom. The van der Waals surface area contributed by atoms with Crippen LogP contribution in [0, 0.1) is 18.8 Å². The molecule has 0 radical (unpaired) electrons. The maximum atomic E-state index is 13.8. The summed E-state index contributed by atoms with van der Waals surface area (Å²) in [5, 5.41) is 10.5. The Morgan fingerprint density at radius 3 is 1.61 bits per heavy atom. The zero-order valence-electron chi connectivity index (χ0n) is 16.5. The second kappa shape index (κ2) is 5.90. The fourth-order valence-corrected chi connectivity index (χ4v) is 6.81. The molecule has 4 nitrogen and oxygen atoms in total. The van der Waals surface area contributed by atoms with Gasteiger partial charge in [-0.3, -0.25) is 9.59 Å². The third kappa shape index (κ3) is 2.03. The molecule has 2 bridgehead atoms. The lowest BCUT2D eigenvalue weighted by molar-refractivity contribution is -0.122. The molecule has 2 atom stereocenters. The highest BCUT2D eigenvalue weighted by Gasteiger charge is 2.73. The Morgan fingerprint density at radius 2 is 1.19 bits per heavy atom. The maximum Gasteiger partial charge on any atom is 0.240 e. The number of anilines is 1. The van der Waals surface area contributed by atoms with Gasteiger partial charge in [-0.25, -0.2) is 4.90 Å². The number of benzene rings is 3. The summed E-state index contributed by atoms with van der Waals surface area (Å²) >= 11 is 14.8. The van der Waals surface area contributed by atoms with E-state index in [0.717, 1.165) is 32.7 Å². The number of hydrogen-bond donors (Lipinski definition) is 1. The minimum Gasteiger partial charge on any atom is -0.506 e. The number of carbonyl (C=O) groups excluding carboxylic acids is 2. The topological polar surface area (TPSA) is 57.6 Å². The van der Waals surface area contributed by atoms with Crippen molar-refractivity contribution in [2.24, 2.45) is 11.8 Å². The smallest absolute Gasteiger partial charge is 0.240 e. The number of halogens is 2. The molecule has 3 aliphatic carbocycles. The predicted molar refractivity (Wildman–Crippen MR) is 118 cm³/mol.